The van der Waals surface area contributed by atoms with Crippen LogP contribution in [0.1, 0.15) is 11.4 Å². The molecule has 0 spiro atoms. The summed E-state index contributed by atoms with van der Waals surface area (Å²) >= 11 is 7.43. The van der Waals surface area contributed by atoms with E-state index in [-0.39, 0.29) is 5.75 Å². The Hall–Kier alpha value is -2.64. The number of aromatic nitrogens is 4. The summed E-state index contributed by atoms with van der Waals surface area (Å²) in [4.78, 5) is 0.732. The van der Waals surface area contributed by atoms with Gasteiger partial charge in [0.25, 0.3) is 0 Å². The van der Waals surface area contributed by atoms with Crippen LogP contribution in [0.15, 0.2) is 48.5 Å². The molecule has 4 aromatic rings. The number of nitrogens with zero attached hydrogens (tertiary/aromatic N) is 4. The monoisotopic (exact) mass is 371 g/mol. The van der Waals surface area contributed by atoms with Gasteiger partial charge in [0.15, 0.2) is 5.82 Å². The maximum atomic E-state index is 9.54. The van der Waals surface area contributed by atoms with Gasteiger partial charge >= 0.3 is 0 Å². The van der Waals surface area contributed by atoms with E-state index < -0.39 is 0 Å². The Kier molecular flexibility index (Phi) is 4.25. The molecule has 0 bridgehead atoms. The molecule has 0 atom stereocenters. The van der Waals surface area contributed by atoms with Crippen LogP contribution in [0.25, 0.3) is 4.96 Å². The second-order valence-corrected chi connectivity index (χ2v) is 6.92. The Morgan fingerprint density at radius 3 is 2.80 bits per heavy atom. The highest BCUT2D eigenvalue weighted by Crippen LogP contribution is 2.25. The van der Waals surface area contributed by atoms with E-state index in [9.17, 15) is 5.11 Å². The van der Waals surface area contributed by atoms with Crippen molar-refractivity contribution in [2.45, 2.75) is 12.8 Å². The van der Waals surface area contributed by atoms with Crippen LogP contribution in [0.4, 0.5) is 10.8 Å². The van der Waals surface area contributed by atoms with Crippen LogP contribution in [-0.4, -0.2) is 24.9 Å². The van der Waals surface area contributed by atoms with Gasteiger partial charge in [0.1, 0.15) is 5.75 Å². The van der Waals surface area contributed by atoms with Crippen molar-refractivity contribution in [3.05, 3.63) is 64.9 Å². The molecule has 4 rings (SSSR count). The van der Waals surface area contributed by atoms with Gasteiger partial charge in [-0.3, -0.25) is 0 Å². The maximum Gasteiger partial charge on any atom is 0.236 e. The molecule has 6 nitrogen and oxygen atoms in total. The number of aromatic hydroxyl groups is 1. The van der Waals surface area contributed by atoms with Gasteiger partial charge in [0.05, 0.1) is 0 Å². The third-order valence-corrected chi connectivity index (χ3v) is 4.73. The molecule has 8 heteroatoms. The largest absolute Gasteiger partial charge is 0.508 e. The van der Waals surface area contributed by atoms with Crippen molar-refractivity contribution in [3.8, 4) is 5.75 Å². The Bertz CT molecular complexity index is 1030. The standard InChI is InChI=1S/C17H14ClN5OS/c18-12-4-2-5-13(10-12)19-16-22-23-15(20-21-17(23)25-16)8-7-11-3-1-6-14(24)9-11/h1-6,9-10,24H,7-8H2,(H,19,22). The van der Waals surface area contributed by atoms with E-state index in [0.29, 0.717) is 11.4 Å². The SMILES string of the molecule is Oc1cccc(CCc2nnc3sc(Nc4cccc(Cl)c4)nn23)c1. The third-order valence-electron chi connectivity index (χ3n) is 3.68. The van der Waals surface area contributed by atoms with Gasteiger partial charge in [-0.05, 0) is 42.3 Å². The van der Waals surface area contributed by atoms with Gasteiger partial charge in [-0.15, -0.1) is 15.3 Å². The topological polar surface area (TPSA) is 75.3 Å². The van der Waals surface area contributed by atoms with Crippen LogP contribution in [0, 0.1) is 0 Å². The molecule has 0 fully saturated rings. The van der Waals surface area contributed by atoms with E-state index in [0.717, 1.165) is 33.6 Å². The van der Waals surface area contributed by atoms with E-state index >= 15 is 0 Å². The van der Waals surface area contributed by atoms with Crippen LogP contribution in [0.5, 0.6) is 5.75 Å². The molecule has 0 saturated heterocycles. The molecular weight excluding hydrogens is 358 g/mol. The fourth-order valence-corrected chi connectivity index (χ4v) is 3.49. The first-order valence-corrected chi connectivity index (χ1v) is 8.88. The number of hydrogen-bond acceptors (Lipinski definition) is 6. The van der Waals surface area contributed by atoms with Crippen LogP contribution in [0.3, 0.4) is 0 Å². The zero-order valence-electron chi connectivity index (χ0n) is 13.1. The molecule has 0 amide bonds. The number of aryl methyl sites for hydroxylation is 2. The Balaban J connectivity index is 1.52. The highest BCUT2D eigenvalue weighted by Gasteiger charge is 2.12. The number of halogens is 1. The average Bonchev–Trinajstić information content (AvgIpc) is 3.13. The van der Waals surface area contributed by atoms with E-state index in [1.165, 1.54) is 11.3 Å². The number of fused-ring (bicyclic) bond motifs is 1. The minimum absolute atomic E-state index is 0.269. The molecular formula is C17H14ClN5OS. The predicted octanol–water partition coefficient (Wildman–Crippen LogP) is 4.07. The van der Waals surface area contributed by atoms with Crippen LogP contribution in [0.2, 0.25) is 5.02 Å². The highest BCUT2D eigenvalue weighted by atomic mass is 35.5. The number of hydrogen-bond donors (Lipinski definition) is 2. The number of benzene rings is 2. The Labute approximate surface area is 152 Å². The smallest absolute Gasteiger partial charge is 0.236 e. The molecule has 0 radical (unpaired) electrons. The minimum Gasteiger partial charge on any atom is -0.508 e. The van der Waals surface area contributed by atoms with Gasteiger partial charge < -0.3 is 10.4 Å². The summed E-state index contributed by atoms with van der Waals surface area (Å²) in [5, 5.41) is 27.1. The zero-order valence-corrected chi connectivity index (χ0v) is 14.6. The van der Waals surface area contributed by atoms with Crippen molar-refractivity contribution in [1.29, 1.82) is 0 Å². The summed E-state index contributed by atoms with van der Waals surface area (Å²) in [5.41, 5.74) is 1.92. The summed E-state index contributed by atoms with van der Waals surface area (Å²) in [6.45, 7) is 0. The molecule has 0 saturated carbocycles. The summed E-state index contributed by atoms with van der Waals surface area (Å²) in [5.74, 6) is 1.05. The molecule has 0 unspecified atom stereocenters. The third kappa shape index (κ3) is 3.57. The van der Waals surface area contributed by atoms with Gasteiger partial charge in [-0.1, -0.05) is 41.1 Å². The fourth-order valence-electron chi connectivity index (χ4n) is 2.52. The number of rotatable bonds is 5. The molecule has 0 aliphatic rings. The predicted molar refractivity (Wildman–Crippen MR) is 98.9 cm³/mol. The number of anilines is 2. The summed E-state index contributed by atoms with van der Waals surface area (Å²) in [7, 11) is 0. The first-order chi connectivity index (χ1) is 12.2. The lowest BCUT2D eigenvalue weighted by molar-refractivity contribution is 0.474. The van der Waals surface area contributed by atoms with E-state index in [2.05, 4.69) is 20.6 Å². The van der Waals surface area contributed by atoms with Crippen molar-refractivity contribution in [3.63, 3.8) is 0 Å². The molecule has 2 aromatic carbocycles. The summed E-state index contributed by atoms with van der Waals surface area (Å²) < 4.78 is 1.75. The average molecular weight is 372 g/mol. The van der Waals surface area contributed by atoms with Gasteiger partial charge in [0, 0.05) is 17.1 Å². The normalized spacial score (nSPS) is 11.1. The zero-order chi connectivity index (χ0) is 17.2. The first-order valence-electron chi connectivity index (χ1n) is 7.69. The molecule has 25 heavy (non-hydrogen) atoms. The molecule has 2 N–H and O–H groups in total. The highest BCUT2D eigenvalue weighted by molar-refractivity contribution is 7.20. The van der Waals surface area contributed by atoms with Crippen molar-refractivity contribution in [2.24, 2.45) is 0 Å². The summed E-state index contributed by atoms with van der Waals surface area (Å²) in [6.07, 6.45) is 1.44. The van der Waals surface area contributed by atoms with Crippen molar-refractivity contribution in [1.82, 2.24) is 19.8 Å². The molecule has 126 valence electrons. The first kappa shape index (κ1) is 15.9. The summed E-state index contributed by atoms with van der Waals surface area (Å²) in [6, 6.07) is 14.7. The van der Waals surface area contributed by atoms with E-state index in [1.54, 1.807) is 16.6 Å². The Morgan fingerprint density at radius 2 is 1.96 bits per heavy atom. The van der Waals surface area contributed by atoms with Gasteiger partial charge in [0.2, 0.25) is 10.1 Å². The molecule has 2 aromatic heterocycles. The lowest BCUT2D eigenvalue weighted by Gasteiger charge is -2.02. The minimum atomic E-state index is 0.269. The van der Waals surface area contributed by atoms with Crippen LogP contribution >= 0.6 is 22.9 Å². The number of phenols is 1. The van der Waals surface area contributed by atoms with E-state index in [4.69, 9.17) is 11.6 Å². The van der Waals surface area contributed by atoms with Crippen molar-refractivity contribution >= 4 is 38.7 Å². The second kappa shape index (κ2) is 6.70. The van der Waals surface area contributed by atoms with Crippen LogP contribution in [-0.2, 0) is 12.8 Å². The van der Waals surface area contributed by atoms with Crippen molar-refractivity contribution in [2.75, 3.05) is 5.32 Å². The second-order valence-electron chi connectivity index (χ2n) is 5.52. The van der Waals surface area contributed by atoms with Gasteiger partial charge in [-0.2, -0.15) is 4.52 Å². The molecule has 2 heterocycles. The number of nitrogens with one attached hydrogen (secondary N) is 1. The van der Waals surface area contributed by atoms with Crippen LogP contribution < -0.4 is 5.32 Å². The quantitative estimate of drug-likeness (QED) is 0.553. The Morgan fingerprint density at radius 1 is 1.08 bits per heavy atom. The molecule has 0 aliphatic heterocycles. The lowest BCUT2D eigenvalue weighted by atomic mass is 10.1. The lowest BCUT2D eigenvalue weighted by Crippen LogP contribution is -2.00. The maximum absolute atomic E-state index is 9.54. The fraction of sp³-hybridized carbons (Fsp3) is 0.118. The van der Waals surface area contributed by atoms with E-state index in [1.807, 2.05) is 36.4 Å². The number of phenolic OH excluding ortho intramolecular Hbond substituents is 1. The van der Waals surface area contributed by atoms with Gasteiger partial charge in [-0.25, -0.2) is 0 Å². The van der Waals surface area contributed by atoms with Crippen molar-refractivity contribution < 1.29 is 5.11 Å². The molecule has 0 aliphatic carbocycles.